The molecule has 30 heavy (non-hydrogen) atoms. The molecule has 0 spiro atoms. The lowest BCUT2D eigenvalue weighted by molar-refractivity contribution is 0.0265. The first-order valence-corrected chi connectivity index (χ1v) is 9.05. The maximum Gasteiger partial charge on any atom is 0.338 e. The van der Waals surface area contributed by atoms with Crippen LogP contribution in [-0.2, 0) is 4.74 Å². The van der Waals surface area contributed by atoms with Crippen molar-refractivity contribution in [3.8, 4) is 11.4 Å². The zero-order chi connectivity index (χ0) is 21.3. The summed E-state index contributed by atoms with van der Waals surface area (Å²) in [6, 6.07) is 7.74. The largest absolute Gasteiger partial charge is 0.449 e. The minimum absolute atomic E-state index is 0.0968. The first-order chi connectivity index (χ1) is 14.5. The Morgan fingerprint density at radius 3 is 2.80 bits per heavy atom. The number of aromatic nitrogens is 3. The highest BCUT2D eigenvalue weighted by Gasteiger charge is 2.35. The number of pyridine rings is 1. The van der Waals surface area contributed by atoms with Crippen LogP contribution in [0.5, 0.6) is 0 Å². The Balaban J connectivity index is 1.50. The van der Waals surface area contributed by atoms with Crippen LogP contribution < -0.4 is 0 Å². The second kappa shape index (κ2) is 7.70. The monoisotopic (exact) mass is 404 g/mol. The second-order valence-electron chi connectivity index (χ2n) is 6.52. The van der Waals surface area contributed by atoms with Crippen molar-refractivity contribution >= 4 is 17.8 Å². The summed E-state index contributed by atoms with van der Waals surface area (Å²) in [5, 5.41) is 3.87. The van der Waals surface area contributed by atoms with Crippen LogP contribution in [-0.4, -0.2) is 44.4 Å². The van der Waals surface area contributed by atoms with Crippen molar-refractivity contribution in [1.29, 1.82) is 0 Å². The molecule has 9 nitrogen and oxygen atoms in total. The second-order valence-corrected chi connectivity index (χ2v) is 6.52. The van der Waals surface area contributed by atoms with E-state index in [1.54, 1.807) is 31.5 Å². The molecule has 1 aliphatic rings. The molecule has 0 N–H and O–H groups in total. The van der Waals surface area contributed by atoms with Crippen molar-refractivity contribution in [3.63, 3.8) is 0 Å². The number of hydrogen-bond donors (Lipinski definition) is 0. The molecule has 0 saturated heterocycles. The molecule has 0 bridgehead atoms. The normalized spacial score (nSPS) is 13.8. The van der Waals surface area contributed by atoms with Crippen molar-refractivity contribution in [1.82, 2.24) is 20.0 Å². The molecule has 1 aliphatic heterocycles. The van der Waals surface area contributed by atoms with Crippen molar-refractivity contribution in [2.75, 3.05) is 6.54 Å². The molecule has 3 heterocycles. The zero-order valence-electron chi connectivity index (χ0n) is 15.9. The van der Waals surface area contributed by atoms with Crippen LogP contribution in [0.25, 0.3) is 11.4 Å². The molecule has 2 aromatic heterocycles. The van der Waals surface area contributed by atoms with E-state index in [1.165, 1.54) is 24.3 Å². The molecule has 2 amide bonds. The van der Waals surface area contributed by atoms with Gasteiger partial charge in [-0.25, -0.2) is 4.79 Å². The van der Waals surface area contributed by atoms with Crippen LogP contribution in [0.4, 0.5) is 0 Å². The summed E-state index contributed by atoms with van der Waals surface area (Å²) in [6.45, 7) is 5.23. The third kappa shape index (κ3) is 3.37. The third-order valence-electron chi connectivity index (χ3n) is 4.51. The van der Waals surface area contributed by atoms with Gasteiger partial charge >= 0.3 is 5.97 Å². The van der Waals surface area contributed by atoms with Crippen LogP contribution in [0.2, 0.25) is 0 Å². The van der Waals surface area contributed by atoms with E-state index in [9.17, 15) is 14.4 Å². The summed E-state index contributed by atoms with van der Waals surface area (Å²) in [5.74, 6) is -1.14. The number of rotatable bonds is 6. The zero-order valence-corrected chi connectivity index (χ0v) is 15.9. The van der Waals surface area contributed by atoms with Crippen LogP contribution >= 0.6 is 0 Å². The van der Waals surface area contributed by atoms with E-state index in [4.69, 9.17) is 9.26 Å². The average molecular weight is 404 g/mol. The van der Waals surface area contributed by atoms with Gasteiger partial charge in [-0.3, -0.25) is 19.5 Å². The molecule has 4 rings (SSSR count). The van der Waals surface area contributed by atoms with Crippen LogP contribution in [0.3, 0.4) is 0 Å². The fourth-order valence-electron chi connectivity index (χ4n) is 3.00. The highest BCUT2D eigenvalue weighted by molar-refractivity contribution is 6.22. The van der Waals surface area contributed by atoms with E-state index < -0.39 is 23.9 Å². The number of amides is 2. The number of nitrogens with zero attached hydrogens (tertiary/aromatic N) is 4. The van der Waals surface area contributed by atoms with Crippen molar-refractivity contribution < 1.29 is 23.6 Å². The number of ether oxygens (including phenoxy) is 1. The molecule has 0 unspecified atom stereocenters. The van der Waals surface area contributed by atoms with E-state index in [0.29, 0.717) is 11.4 Å². The Labute approximate surface area is 171 Å². The minimum Gasteiger partial charge on any atom is -0.449 e. The van der Waals surface area contributed by atoms with Gasteiger partial charge in [0.2, 0.25) is 5.82 Å². The molecule has 150 valence electrons. The SMILES string of the molecule is C=CCN1C(=O)c2ccc(C(=O)O[C@@H](C)c3nc(-c4cccnc4)no3)cc2C1=O. The number of hydrogen-bond acceptors (Lipinski definition) is 8. The van der Waals surface area contributed by atoms with Crippen LogP contribution in [0.1, 0.15) is 50.0 Å². The van der Waals surface area contributed by atoms with Gasteiger partial charge in [0.25, 0.3) is 17.7 Å². The lowest BCUT2D eigenvalue weighted by Crippen LogP contribution is -2.29. The smallest absolute Gasteiger partial charge is 0.338 e. The third-order valence-corrected chi connectivity index (χ3v) is 4.51. The van der Waals surface area contributed by atoms with Gasteiger partial charge in [-0.1, -0.05) is 11.2 Å². The number of carbonyl (C=O) groups excluding carboxylic acids is 3. The molecule has 0 radical (unpaired) electrons. The molecule has 0 aliphatic carbocycles. The van der Waals surface area contributed by atoms with E-state index >= 15 is 0 Å². The quantitative estimate of drug-likeness (QED) is 0.350. The highest BCUT2D eigenvalue weighted by Crippen LogP contribution is 2.26. The van der Waals surface area contributed by atoms with Crippen molar-refractivity contribution in [2.24, 2.45) is 0 Å². The topological polar surface area (TPSA) is 115 Å². The standard InChI is InChI=1S/C21H16N4O5/c1-3-9-25-19(26)15-7-6-13(10-16(15)20(25)27)21(28)29-12(2)18-23-17(24-30-18)14-5-4-8-22-11-14/h3-8,10-12H,1,9H2,2H3/t12-/m0/s1. The molecule has 0 saturated carbocycles. The van der Waals surface area contributed by atoms with Gasteiger partial charge in [-0.2, -0.15) is 4.98 Å². The Kier molecular flexibility index (Phi) is 4.93. The fourth-order valence-corrected chi connectivity index (χ4v) is 3.00. The van der Waals surface area contributed by atoms with Crippen molar-refractivity contribution in [2.45, 2.75) is 13.0 Å². The lowest BCUT2D eigenvalue weighted by atomic mass is 10.1. The number of esters is 1. The summed E-state index contributed by atoms with van der Waals surface area (Å²) >= 11 is 0. The molecular weight excluding hydrogens is 388 g/mol. The summed E-state index contributed by atoms with van der Waals surface area (Å²) in [5.41, 5.74) is 1.19. The van der Waals surface area contributed by atoms with Crippen LogP contribution in [0.15, 0.2) is 59.9 Å². The van der Waals surface area contributed by atoms with E-state index in [2.05, 4.69) is 21.7 Å². The Hall–Kier alpha value is -4.14. The number of benzene rings is 1. The maximum absolute atomic E-state index is 12.6. The maximum atomic E-state index is 12.6. The number of carbonyl (C=O) groups is 3. The first-order valence-electron chi connectivity index (χ1n) is 9.05. The molecule has 0 fully saturated rings. The van der Waals surface area contributed by atoms with Gasteiger partial charge in [0, 0.05) is 24.5 Å². The summed E-state index contributed by atoms with van der Waals surface area (Å²) in [4.78, 5) is 46.5. The summed E-state index contributed by atoms with van der Waals surface area (Å²) < 4.78 is 10.6. The lowest BCUT2D eigenvalue weighted by Gasteiger charge is -2.10. The van der Waals surface area contributed by atoms with Gasteiger partial charge in [-0.05, 0) is 37.3 Å². The number of imide groups is 1. The first kappa shape index (κ1) is 19.2. The van der Waals surface area contributed by atoms with Gasteiger partial charge in [0.05, 0.1) is 16.7 Å². The molecule has 1 aromatic carbocycles. The fraction of sp³-hybridized carbons (Fsp3) is 0.143. The summed E-state index contributed by atoms with van der Waals surface area (Å²) in [6.07, 6.45) is 3.85. The highest BCUT2D eigenvalue weighted by atomic mass is 16.6. The summed E-state index contributed by atoms with van der Waals surface area (Å²) in [7, 11) is 0. The Morgan fingerprint density at radius 1 is 1.27 bits per heavy atom. The Morgan fingerprint density at radius 2 is 2.07 bits per heavy atom. The van der Waals surface area contributed by atoms with Crippen LogP contribution in [0, 0.1) is 0 Å². The van der Waals surface area contributed by atoms with E-state index in [-0.39, 0.29) is 29.1 Å². The minimum atomic E-state index is -0.821. The molecule has 3 aromatic rings. The average Bonchev–Trinajstić information content (AvgIpc) is 3.35. The number of fused-ring (bicyclic) bond motifs is 1. The van der Waals surface area contributed by atoms with E-state index in [1.807, 2.05) is 0 Å². The van der Waals surface area contributed by atoms with Gasteiger partial charge < -0.3 is 9.26 Å². The molecule has 1 atom stereocenters. The predicted octanol–water partition coefficient (Wildman–Crippen LogP) is 2.83. The predicted molar refractivity (Wildman–Crippen MR) is 103 cm³/mol. The van der Waals surface area contributed by atoms with Crippen molar-refractivity contribution in [3.05, 3.63) is 78.0 Å². The van der Waals surface area contributed by atoms with Gasteiger partial charge in [0.15, 0.2) is 6.10 Å². The van der Waals surface area contributed by atoms with E-state index in [0.717, 1.165) is 4.90 Å². The van der Waals surface area contributed by atoms with Gasteiger partial charge in [0.1, 0.15) is 0 Å². The molecular formula is C21H16N4O5. The van der Waals surface area contributed by atoms with Gasteiger partial charge in [-0.15, -0.1) is 6.58 Å². The molecule has 9 heteroatoms. The Bertz CT molecular complexity index is 1160.